The van der Waals surface area contributed by atoms with Crippen LogP contribution in [0.4, 0.5) is 22.9 Å². The number of allylic oxidation sites excluding steroid dienone is 1. The summed E-state index contributed by atoms with van der Waals surface area (Å²) in [5.41, 5.74) is 6.00. The lowest BCUT2D eigenvalue weighted by molar-refractivity contribution is -0.384. The standard InChI is InChI=1S/C43H50N8O4S2/c1-48(2)22-21-34(30-56-36-14-7-4-8-15-36)46-40-20-18-37(28-42(40)51(52)53)57(54,55)47-43-39-19-17-35(27-41(39)44-31-45-43)50-25-23-49(24-26-50)29-33-13-9-10-16-38(33)32-11-5-3-6-12-32/h3-8,11-12,14-15,17-20,27-28,31,34,46H,9-10,13,16,21-26,29-30H2,1-2H3,(H,44,45,47). The molecule has 0 saturated carbocycles. The van der Waals surface area contributed by atoms with Gasteiger partial charge in [-0.2, -0.15) is 0 Å². The van der Waals surface area contributed by atoms with Crippen molar-refractivity contribution < 1.29 is 13.3 Å². The SMILES string of the molecule is CN(C)CCC(CSc1ccccc1)Nc1ccc(S(=O)(=O)Nc2ncnc3cc(N4CCN(CC5=C(c6ccccc6)CCCC5)CC4)ccc23)cc1[N+](=O)[O-]. The highest BCUT2D eigenvalue weighted by Crippen LogP contribution is 2.34. The summed E-state index contributed by atoms with van der Waals surface area (Å²) < 4.78 is 30.1. The molecule has 1 fully saturated rings. The molecule has 1 aliphatic heterocycles. The number of aromatic nitrogens is 2. The highest BCUT2D eigenvalue weighted by atomic mass is 32.2. The quantitative estimate of drug-likeness (QED) is 0.0570. The maximum Gasteiger partial charge on any atom is 0.293 e. The lowest BCUT2D eigenvalue weighted by atomic mass is 9.87. The Morgan fingerprint density at radius 2 is 1.63 bits per heavy atom. The van der Waals surface area contributed by atoms with Gasteiger partial charge >= 0.3 is 0 Å². The van der Waals surface area contributed by atoms with E-state index in [2.05, 4.69) is 65.0 Å². The Balaban J connectivity index is 1.02. The molecular formula is C43H50N8O4S2. The van der Waals surface area contributed by atoms with Gasteiger partial charge in [-0.15, -0.1) is 11.8 Å². The molecule has 2 heterocycles. The zero-order valence-corrected chi connectivity index (χ0v) is 34.1. The minimum absolute atomic E-state index is 0.106. The van der Waals surface area contributed by atoms with Crippen LogP contribution in [0.25, 0.3) is 16.5 Å². The van der Waals surface area contributed by atoms with E-state index in [1.54, 1.807) is 17.3 Å². The Hall–Kier alpha value is -5.02. The fraction of sp³-hybridized carbons (Fsp3) is 0.349. The third-order valence-corrected chi connectivity index (χ3v) is 13.2. The smallest absolute Gasteiger partial charge is 0.293 e. The molecule has 5 aromatic rings. The highest BCUT2D eigenvalue weighted by molar-refractivity contribution is 7.99. The maximum absolute atomic E-state index is 13.7. The number of nitro groups is 1. The molecule has 4 aromatic carbocycles. The number of thioether (sulfide) groups is 1. The molecule has 1 atom stereocenters. The van der Waals surface area contributed by atoms with E-state index in [-0.39, 0.29) is 28.1 Å². The van der Waals surface area contributed by atoms with Crippen molar-refractivity contribution in [1.82, 2.24) is 19.8 Å². The van der Waals surface area contributed by atoms with Crippen LogP contribution in [-0.4, -0.2) is 98.3 Å². The Morgan fingerprint density at radius 1 is 0.895 bits per heavy atom. The van der Waals surface area contributed by atoms with Crippen molar-refractivity contribution in [1.29, 1.82) is 0 Å². The predicted molar refractivity (Wildman–Crippen MR) is 232 cm³/mol. The second kappa shape index (κ2) is 18.5. The molecular weight excluding hydrogens is 757 g/mol. The Morgan fingerprint density at radius 3 is 2.37 bits per heavy atom. The molecule has 12 nitrogen and oxygen atoms in total. The average Bonchev–Trinajstić information content (AvgIpc) is 3.22. The zero-order valence-electron chi connectivity index (χ0n) is 32.5. The Labute approximate surface area is 339 Å². The van der Waals surface area contributed by atoms with Gasteiger partial charge in [0.1, 0.15) is 12.0 Å². The van der Waals surface area contributed by atoms with Crippen molar-refractivity contribution in [3.05, 3.63) is 125 Å². The van der Waals surface area contributed by atoms with E-state index in [0.29, 0.717) is 16.7 Å². The number of piperazine rings is 1. The van der Waals surface area contributed by atoms with Crippen LogP contribution in [0.5, 0.6) is 0 Å². The predicted octanol–water partition coefficient (Wildman–Crippen LogP) is 8.01. The van der Waals surface area contributed by atoms with E-state index >= 15 is 0 Å². The number of fused-ring (bicyclic) bond motifs is 1. The number of nitro benzene ring substituents is 1. The van der Waals surface area contributed by atoms with Crippen LogP contribution in [-0.2, 0) is 10.0 Å². The fourth-order valence-corrected chi connectivity index (χ4v) is 9.61. The summed E-state index contributed by atoms with van der Waals surface area (Å²) in [7, 11) is -0.284. The Kier molecular flexibility index (Phi) is 13.0. The molecule has 0 bridgehead atoms. The van der Waals surface area contributed by atoms with Crippen LogP contribution in [0.1, 0.15) is 37.7 Å². The summed E-state index contributed by atoms with van der Waals surface area (Å²) in [5, 5.41) is 16.2. The summed E-state index contributed by atoms with van der Waals surface area (Å²) in [4.78, 5) is 28.3. The number of sulfonamides is 1. The summed E-state index contributed by atoms with van der Waals surface area (Å²) in [6.45, 7) is 5.41. The largest absolute Gasteiger partial charge is 0.376 e. The van der Waals surface area contributed by atoms with E-state index in [1.807, 2.05) is 62.6 Å². The van der Waals surface area contributed by atoms with Crippen molar-refractivity contribution in [3.63, 3.8) is 0 Å². The molecule has 298 valence electrons. The lowest BCUT2D eigenvalue weighted by Gasteiger charge is -2.37. The van der Waals surface area contributed by atoms with Gasteiger partial charge in [-0.05, 0) is 106 Å². The average molecular weight is 807 g/mol. The van der Waals surface area contributed by atoms with Gasteiger partial charge in [0.2, 0.25) is 0 Å². The number of anilines is 3. The fourth-order valence-electron chi connectivity index (χ4n) is 7.57. The lowest BCUT2D eigenvalue weighted by Crippen LogP contribution is -2.47. The van der Waals surface area contributed by atoms with E-state index in [4.69, 9.17) is 0 Å². The minimum Gasteiger partial charge on any atom is -0.376 e. The van der Waals surface area contributed by atoms with Crippen molar-refractivity contribution >= 4 is 61.1 Å². The van der Waals surface area contributed by atoms with Gasteiger partial charge in [0.25, 0.3) is 15.7 Å². The maximum atomic E-state index is 13.7. The van der Waals surface area contributed by atoms with Crippen LogP contribution < -0.4 is 14.9 Å². The van der Waals surface area contributed by atoms with Gasteiger partial charge in [-0.25, -0.2) is 18.4 Å². The molecule has 57 heavy (non-hydrogen) atoms. The van der Waals surface area contributed by atoms with Crippen molar-refractivity contribution in [2.24, 2.45) is 0 Å². The van der Waals surface area contributed by atoms with Gasteiger partial charge in [0, 0.05) is 66.6 Å². The first kappa shape index (κ1) is 40.2. The van der Waals surface area contributed by atoms with Crippen LogP contribution in [0.2, 0.25) is 0 Å². The number of nitrogens with zero attached hydrogens (tertiary/aromatic N) is 6. The van der Waals surface area contributed by atoms with Crippen molar-refractivity contribution in [2.75, 3.05) is 74.1 Å². The summed E-state index contributed by atoms with van der Waals surface area (Å²) in [5.74, 6) is 0.780. The second-order valence-electron chi connectivity index (χ2n) is 14.9. The summed E-state index contributed by atoms with van der Waals surface area (Å²) >= 11 is 1.66. The molecule has 7 rings (SSSR count). The highest BCUT2D eigenvalue weighted by Gasteiger charge is 2.26. The topological polar surface area (TPSA) is 137 Å². The van der Waals surface area contributed by atoms with E-state index in [0.717, 1.165) is 75.2 Å². The van der Waals surface area contributed by atoms with E-state index in [9.17, 15) is 18.5 Å². The first-order valence-electron chi connectivity index (χ1n) is 19.5. The monoisotopic (exact) mass is 806 g/mol. The summed E-state index contributed by atoms with van der Waals surface area (Å²) in [6.07, 6.45) is 6.87. The van der Waals surface area contributed by atoms with Crippen LogP contribution >= 0.6 is 11.8 Å². The van der Waals surface area contributed by atoms with Gasteiger partial charge in [-0.3, -0.25) is 19.7 Å². The number of hydrogen-bond acceptors (Lipinski definition) is 11. The molecule has 0 radical (unpaired) electrons. The van der Waals surface area contributed by atoms with E-state index < -0.39 is 14.9 Å². The third-order valence-electron chi connectivity index (χ3n) is 10.7. The van der Waals surface area contributed by atoms with Crippen LogP contribution in [0.15, 0.2) is 119 Å². The van der Waals surface area contributed by atoms with Crippen LogP contribution in [0, 0.1) is 10.1 Å². The molecule has 0 spiro atoms. The van der Waals surface area contributed by atoms with Crippen molar-refractivity contribution in [3.8, 4) is 0 Å². The van der Waals surface area contributed by atoms with Gasteiger partial charge < -0.3 is 15.1 Å². The first-order chi connectivity index (χ1) is 27.6. The van der Waals surface area contributed by atoms with Gasteiger partial charge in [0.05, 0.1) is 15.3 Å². The first-order valence-corrected chi connectivity index (χ1v) is 22.0. The molecule has 14 heteroatoms. The number of rotatable bonds is 16. The minimum atomic E-state index is -4.25. The van der Waals surface area contributed by atoms with Crippen molar-refractivity contribution in [2.45, 2.75) is 47.9 Å². The normalized spacial score (nSPS) is 15.9. The Bertz CT molecular complexity index is 2300. The second-order valence-corrected chi connectivity index (χ2v) is 17.7. The molecule has 0 amide bonds. The summed E-state index contributed by atoms with van der Waals surface area (Å²) in [6, 6.07) is 30.4. The zero-order chi connectivity index (χ0) is 39.8. The van der Waals surface area contributed by atoms with Crippen LogP contribution in [0.3, 0.4) is 0 Å². The molecule has 1 saturated heterocycles. The van der Waals surface area contributed by atoms with Gasteiger partial charge in [-0.1, -0.05) is 54.1 Å². The van der Waals surface area contributed by atoms with E-state index in [1.165, 1.54) is 42.4 Å². The molecule has 1 aromatic heterocycles. The number of benzene rings is 4. The molecule has 2 aliphatic rings. The number of nitrogens with one attached hydrogen (secondary N) is 2. The number of hydrogen-bond donors (Lipinski definition) is 2. The third kappa shape index (κ3) is 10.3. The molecule has 1 unspecified atom stereocenters. The molecule has 1 aliphatic carbocycles. The molecule has 2 N–H and O–H groups in total. The van der Waals surface area contributed by atoms with Gasteiger partial charge in [0.15, 0.2) is 5.82 Å².